The summed E-state index contributed by atoms with van der Waals surface area (Å²) in [5.41, 5.74) is 5.10. The molecule has 0 amide bonds. The van der Waals surface area contributed by atoms with Crippen molar-refractivity contribution in [3.05, 3.63) is 71.1 Å². The van der Waals surface area contributed by atoms with Crippen molar-refractivity contribution in [2.75, 3.05) is 0 Å². The number of thiazole rings is 1. The van der Waals surface area contributed by atoms with Crippen molar-refractivity contribution in [2.24, 2.45) is 0 Å². The number of aliphatic hydroxyl groups is 1. The van der Waals surface area contributed by atoms with E-state index in [9.17, 15) is 9.90 Å². The van der Waals surface area contributed by atoms with Gasteiger partial charge in [-0.2, -0.15) is 5.10 Å². The standard InChI is InChI=1S/C27H24ClN5O2S.C4H10O/c1-15-11-21-24(23(19(15)12-22(34)35)16-5-7-18(28)8-6-16)36-26(32-21)20-9-10-29-25(31-20)17-13-30-33(14-17)27(2,3)4;1-4(2,3)5/h5-11,13-14H,12H2,1-4H3,(H,34,35);5H,1-3H3. The van der Waals surface area contributed by atoms with Gasteiger partial charge in [0.15, 0.2) is 5.82 Å². The van der Waals surface area contributed by atoms with E-state index in [1.807, 2.05) is 54.2 Å². The van der Waals surface area contributed by atoms with Gasteiger partial charge in [-0.25, -0.2) is 15.0 Å². The first-order valence-corrected chi connectivity index (χ1v) is 14.3. The average Bonchev–Trinajstić information content (AvgIpc) is 3.52. The largest absolute Gasteiger partial charge is 0.481 e. The summed E-state index contributed by atoms with van der Waals surface area (Å²) in [4.78, 5) is 25.8. The summed E-state index contributed by atoms with van der Waals surface area (Å²) >= 11 is 7.62. The van der Waals surface area contributed by atoms with Crippen molar-refractivity contribution < 1.29 is 15.0 Å². The number of fused-ring (bicyclic) bond motifs is 1. The minimum absolute atomic E-state index is 0.0810. The zero-order chi connectivity index (χ0) is 30.1. The molecule has 0 unspecified atom stereocenters. The molecule has 0 aliphatic carbocycles. The van der Waals surface area contributed by atoms with Gasteiger partial charge in [0.1, 0.15) is 10.7 Å². The first-order chi connectivity index (χ1) is 19.1. The van der Waals surface area contributed by atoms with Crippen LogP contribution in [0.1, 0.15) is 52.7 Å². The number of carbonyl (C=O) groups is 1. The molecule has 41 heavy (non-hydrogen) atoms. The third-order valence-electron chi connectivity index (χ3n) is 5.88. The molecule has 8 nitrogen and oxygen atoms in total. The van der Waals surface area contributed by atoms with E-state index in [-0.39, 0.29) is 12.0 Å². The summed E-state index contributed by atoms with van der Waals surface area (Å²) in [5.74, 6) is -0.309. The van der Waals surface area contributed by atoms with Gasteiger partial charge in [0, 0.05) is 23.0 Å². The fourth-order valence-electron chi connectivity index (χ4n) is 4.07. The Bertz CT molecular complexity index is 1690. The third-order valence-corrected chi connectivity index (χ3v) is 7.24. The van der Waals surface area contributed by atoms with Crippen LogP contribution < -0.4 is 0 Å². The number of carboxylic acid groups (broad SMARTS) is 1. The van der Waals surface area contributed by atoms with Gasteiger partial charge in [0.25, 0.3) is 0 Å². The fourth-order valence-corrected chi connectivity index (χ4v) is 5.30. The van der Waals surface area contributed by atoms with E-state index >= 15 is 0 Å². The van der Waals surface area contributed by atoms with Gasteiger partial charge in [-0.05, 0) is 89.4 Å². The lowest BCUT2D eigenvalue weighted by atomic mass is 9.93. The lowest BCUT2D eigenvalue weighted by Crippen LogP contribution is -2.21. The molecule has 2 aromatic carbocycles. The summed E-state index contributed by atoms with van der Waals surface area (Å²) in [5, 5.41) is 23.9. The van der Waals surface area contributed by atoms with Gasteiger partial charge in [0.2, 0.25) is 0 Å². The van der Waals surface area contributed by atoms with Crippen LogP contribution in [0.4, 0.5) is 0 Å². The predicted molar refractivity (Wildman–Crippen MR) is 165 cm³/mol. The van der Waals surface area contributed by atoms with Crippen LogP contribution in [0.5, 0.6) is 0 Å². The van der Waals surface area contributed by atoms with Crippen molar-refractivity contribution in [3.8, 4) is 33.2 Å². The number of hydrogen-bond acceptors (Lipinski definition) is 7. The van der Waals surface area contributed by atoms with E-state index in [1.165, 1.54) is 11.3 Å². The molecular weight excluding hydrogens is 558 g/mol. The number of aliphatic carboxylic acids is 1. The molecule has 0 atom stereocenters. The van der Waals surface area contributed by atoms with Gasteiger partial charge < -0.3 is 10.2 Å². The Kier molecular flexibility index (Phi) is 8.63. The first kappa shape index (κ1) is 30.3. The van der Waals surface area contributed by atoms with Gasteiger partial charge >= 0.3 is 5.97 Å². The molecule has 0 bridgehead atoms. The predicted octanol–water partition coefficient (Wildman–Crippen LogP) is 7.40. The van der Waals surface area contributed by atoms with Crippen LogP contribution in [-0.4, -0.2) is 46.5 Å². The summed E-state index contributed by atoms with van der Waals surface area (Å²) in [6.07, 6.45) is 5.35. The van der Waals surface area contributed by atoms with Gasteiger partial charge in [-0.15, -0.1) is 11.3 Å². The molecule has 3 heterocycles. The number of halogens is 1. The molecule has 214 valence electrons. The van der Waals surface area contributed by atoms with E-state index in [1.54, 1.807) is 33.2 Å². The highest BCUT2D eigenvalue weighted by molar-refractivity contribution is 7.22. The molecule has 0 aliphatic heterocycles. The molecule has 0 saturated carbocycles. The van der Waals surface area contributed by atoms with Gasteiger partial charge in [-0.3, -0.25) is 9.48 Å². The highest BCUT2D eigenvalue weighted by Crippen LogP contribution is 2.41. The summed E-state index contributed by atoms with van der Waals surface area (Å²) in [6.45, 7) is 13.4. The van der Waals surface area contributed by atoms with E-state index in [4.69, 9.17) is 26.7 Å². The van der Waals surface area contributed by atoms with Crippen molar-refractivity contribution >= 4 is 39.1 Å². The molecule has 0 radical (unpaired) electrons. The lowest BCUT2D eigenvalue weighted by Gasteiger charge is -2.18. The maximum atomic E-state index is 11.7. The van der Waals surface area contributed by atoms with E-state index in [0.717, 1.165) is 43.0 Å². The molecule has 3 aromatic heterocycles. The molecular formula is C31H34ClN5O3S. The Morgan fingerprint density at radius 1 is 1.02 bits per heavy atom. The second kappa shape index (κ2) is 11.7. The van der Waals surface area contributed by atoms with Crippen LogP contribution in [0, 0.1) is 6.92 Å². The first-order valence-electron chi connectivity index (χ1n) is 13.1. The van der Waals surface area contributed by atoms with Gasteiger partial charge in [-0.1, -0.05) is 23.7 Å². The zero-order valence-electron chi connectivity index (χ0n) is 24.2. The molecule has 10 heteroatoms. The van der Waals surface area contributed by atoms with Crippen LogP contribution in [0.25, 0.3) is 43.4 Å². The van der Waals surface area contributed by atoms with Crippen LogP contribution in [0.3, 0.4) is 0 Å². The number of hydrogen-bond donors (Lipinski definition) is 2. The topological polar surface area (TPSA) is 114 Å². The lowest BCUT2D eigenvalue weighted by molar-refractivity contribution is -0.136. The Morgan fingerprint density at radius 2 is 1.68 bits per heavy atom. The molecule has 0 saturated heterocycles. The Balaban J connectivity index is 0.000000714. The van der Waals surface area contributed by atoms with Crippen LogP contribution in [0.15, 0.2) is 55.0 Å². The molecule has 5 aromatic rings. The quantitative estimate of drug-likeness (QED) is 0.219. The van der Waals surface area contributed by atoms with Gasteiger partial charge in [0.05, 0.1) is 39.5 Å². The smallest absolute Gasteiger partial charge is 0.307 e. The van der Waals surface area contributed by atoms with Crippen molar-refractivity contribution in [1.82, 2.24) is 24.7 Å². The number of benzene rings is 2. The summed E-state index contributed by atoms with van der Waals surface area (Å²) in [6, 6.07) is 11.2. The normalized spacial score (nSPS) is 11.8. The third kappa shape index (κ3) is 7.55. The van der Waals surface area contributed by atoms with Crippen LogP contribution in [0.2, 0.25) is 5.02 Å². The zero-order valence-corrected chi connectivity index (χ0v) is 25.8. The van der Waals surface area contributed by atoms with Crippen molar-refractivity contribution in [2.45, 2.75) is 66.0 Å². The Labute approximate surface area is 248 Å². The van der Waals surface area contributed by atoms with Crippen molar-refractivity contribution in [1.29, 1.82) is 0 Å². The Hall–Kier alpha value is -3.66. The van der Waals surface area contributed by atoms with Crippen molar-refractivity contribution in [3.63, 3.8) is 0 Å². The maximum Gasteiger partial charge on any atom is 0.307 e. The minimum Gasteiger partial charge on any atom is -0.481 e. The second-order valence-electron chi connectivity index (χ2n) is 11.8. The highest BCUT2D eigenvalue weighted by atomic mass is 35.5. The van der Waals surface area contributed by atoms with E-state index in [0.29, 0.717) is 16.5 Å². The van der Waals surface area contributed by atoms with E-state index in [2.05, 4.69) is 30.9 Å². The number of rotatable bonds is 5. The molecule has 0 spiro atoms. The molecule has 0 aliphatic rings. The molecule has 5 rings (SSSR count). The molecule has 2 N–H and O–H groups in total. The highest BCUT2D eigenvalue weighted by Gasteiger charge is 2.21. The van der Waals surface area contributed by atoms with E-state index < -0.39 is 11.6 Å². The summed E-state index contributed by atoms with van der Waals surface area (Å²) in [7, 11) is 0. The fraction of sp³-hybridized carbons (Fsp3) is 0.323. The summed E-state index contributed by atoms with van der Waals surface area (Å²) < 4.78 is 2.80. The molecule has 0 fully saturated rings. The Morgan fingerprint density at radius 3 is 2.27 bits per heavy atom. The monoisotopic (exact) mass is 591 g/mol. The average molecular weight is 592 g/mol. The minimum atomic E-state index is -0.881. The SMILES string of the molecule is CC(C)(C)O.Cc1cc2nc(-c3ccnc(-c4cnn(C(C)(C)C)c4)n3)sc2c(-c2ccc(Cl)cc2)c1CC(=O)O. The number of carboxylic acids is 1. The van der Waals surface area contributed by atoms with Crippen LogP contribution >= 0.6 is 22.9 Å². The number of aryl methyl sites for hydroxylation is 1. The maximum absolute atomic E-state index is 11.7. The van der Waals surface area contributed by atoms with Crippen LogP contribution in [-0.2, 0) is 16.8 Å². The number of aromatic nitrogens is 5. The second-order valence-corrected chi connectivity index (χ2v) is 13.2. The number of nitrogens with zero attached hydrogens (tertiary/aromatic N) is 5.